The molecule has 1 saturated carbocycles. The summed E-state index contributed by atoms with van der Waals surface area (Å²) >= 11 is 0. The summed E-state index contributed by atoms with van der Waals surface area (Å²) in [6, 6.07) is 9.68. The highest BCUT2D eigenvalue weighted by Crippen LogP contribution is 2.36. The molecule has 2 heteroatoms. The van der Waals surface area contributed by atoms with E-state index in [4.69, 9.17) is 5.73 Å². The molecule has 1 aliphatic carbocycles. The SMILES string of the molecule is N[C@H](c1ccccc1)C1(O)CCCCC1. The molecule has 0 aromatic heterocycles. The molecule has 1 aliphatic rings. The normalized spacial score (nSPS) is 22.3. The second-order valence-electron chi connectivity index (χ2n) is 4.55. The first kappa shape index (κ1) is 10.7. The van der Waals surface area contributed by atoms with Crippen molar-refractivity contribution in [1.29, 1.82) is 0 Å². The van der Waals surface area contributed by atoms with Crippen molar-refractivity contribution in [1.82, 2.24) is 0 Å². The molecule has 0 unspecified atom stereocenters. The first-order chi connectivity index (χ1) is 7.22. The zero-order valence-electron chi connectivity index (χ0n) is 9.02. The lowest BCUT2D eigenvalue weighted by Crippen LogP contribution is -2.42. The van der Waals surface area contributed by atoms with Crippen molar-refractivity contribution < 1.29 is 5.11 Å². The number of rotatable bonds is 2. The standard InChI is InChI=1S/C13H19NO/c14-12(11-7-3-1-4-8-11)13(15)9-5-2-6-10-13/h1,3-4,7-8,12,15H,2,5-6,9-10,14H2/t12-/m1/s1. The monoisotopic (exact) mass is 205 g/mol. The smallest absolute Gasteiger partial charge is 0.0839 e. The Bertz CT molecular complexity index is 304. The van der Waals surface area contributed by atoms with Crippen LogP contribution in [-0.4, -0.2) is 10.7 Å². The molecule has 1 atom stereocenters. The Morgan fingerprint density at radius 2 is 1.67 bits per heavy atom. The van der Waals surface area contributed by atoms with Gasteiger partial charge >= 0.3 is 0 Å². The number of hydrogen-bond acceptors (Lipinski definition) is 2. The van der Waals surface area contributed by atoms with Gasteiger partial charge in [0.05, 0.1) is 11.6 Å². The fourth-order valence-corrected chi connectivity index (χ4v) is 2.45. The van der Waals surface area contributed by atoms with Crippen LogP contribution in [0.4, 0.5) is 0 Å². The summed E-state index contributed by atoms with van der Waals surface area (Å²) in [6.07, 6.45) is 5.09. The molecular weight excluding hydrogens is 186 g/mol. The second kappa shape index (κ2) is 4.33. The molecular formula is C13H19NO. The van der Waals surface area contributed by atoms with Crippen LogP contribution >= 0.6 is 0 Å². The summed E-state index contributed by atoms with van der Waals surface area (Å²) in [7, 11) is 0. The Morgan fingerprint density at radius 1 is 1.07 bits per heavy atom. The van der Waals surface area contributed by atoms with Crippen LogP contribution in [0.2, 0.25) is 0 Å². The Labute approximate surface area is 91.1 Å². The van der Waals surface area contributed by atoms with Crippen LogP contribution in [-0.2, 0) is 0 Å². The molecule has 0 bridgehead atoms. The van der Waals surface area contributed by atoms with Crippen molar-refractivity contribution in [3.63, 3.8) is 0 Å². The molecule has 0 radical (unpaired) electrons. The van der Waals surface area contributed by atoms with Gasteiger partial charge in [0, 0.05) is 0 Å². The highest BCUT2D eigenvalue weighted by atomic mass is 16.3. The fraction of sp³-hybridized carbons (Fsp3) is 0.538. The van der Waals surface area contributed by atoms with Gasteiger partial charge in [-0.2, -0.15) is 0 Å². The van der Waals surface area contributed by atoms with E-state index in [0.29, 0.717) is 0 Å². The minimum absolute atomic E-state index is 0.237. The lowest BCUT2D eigenvalue weighted by Gasteiger charge is -2.37. The van der Waals surface area contributed by atoms with Crippen LogP contribution < -0.4 is 5.73 Å². The molecule has 0 heterocycles. The van der Waals surface area contributed by atoms with Gasteiger partial charge in [-0.15, -0.1) is 0 Å². The van der Waals surface area contributed by atoms with E-state index in [-0.39, 0.29) is 6.04 Å². The van der Waals surface area contributed by atoms with E-state index in [2.05, 4.69) is 0 Å². The van der Waals surface area contributed by atoms with Gasteiger partial charge < -0.3 is 10.8 Å². The van der Waals surface area contributed by atoms with E-state index in [0.717, 1.165) is 31.2 Å². The van der Waals surface area contributed by atoms with Crippen LogP contribution in [0.5, 0.6) is 0 Å². The quantitative estimate of drug-likeness (QED) is 0.778. The van der Waals surface area contributed by atoms with Gasteiger partial charge in [-0.05, 0) is 18.4 Å². The Balaban J connectivity index is 2.16. The van der Waals surface area contributed by atoms with E-state index >= 15 is 0 Å². The third-order valence-electron chi connectivity index (χ3n) is 3.46. The first-order valence-electron chi connectivity index (χ1n) is 5.75. The van der Waals surface area contributed by atoms with Crippen molar-refractivity contribution in [3.8, 4) is 0 Å². The van der Waals surface area contributed by atoms with Gasteiger partial charge in [-0.3, -0.25) is 0 Å². The Morgan fingerprint density at radius 3 is 2.27 bits per heavy atom. The lowest BCUT2D eigenvalue weighted by molar-refractivity contribution is -0.0202. The molecule has 82 valence electrons. The van der Waals surface area contributed by atoms with Crippen LogP contribution in [0.1, 0.15) is 43.7 Å². The molecule has 15 heavy (non-hydrogen) atoms. The average molecular weight is 205 g/mol. The third-order valence-corrected chi connectivity index (χ3v) is 3.46. The number of aliphatic hydroxyl groups is 1. The van der Waals surface area contributed by atoms with Gasteiger partial charge in [0.15, 0.2) is 0 Å². The maximum absolute atomic E-state index is 10.5. The lowest BCUT2D eigenvalue weighted by atomic mass is 9.77. The topological polar surface area (TPSA) is 46.2 Å². The molecule has 0 amide bonds. The number of hydrogen-bond donors (Lipinski definition) is 2. The predicted molar refractivity (Wildman–Crippen MR) is 61.4 cm³/mol. The average Bonchev–Trinajstić information content (AvgIpc) is 2.30. The highest BCUT2D eigenvalue weighted by Gasteiger charge is 2.36. The van der Waals surface area contributed by atoms with E-state index in [1.54, 1.807) is 0 Å². The van der Waals surface area contributed by atoms with Gasteiger partial charge in [-0.1, -0.05) is 49.6 Å². The minimum Gasteiger partial charge on any atom is -0.388 e. The van der Waals surface area contributed by atoms with Crippen molar-refractivity contribution in [3.05, 3.63) is 35.9 Å². The van der Waals surface area contributed by atoms with Gasteiger partial charge in [0.2, 0.25) is 0 Å². The predicted octanol–water partition coefficient (Wildman–Crippen LogP) is 2.38. The first-order valence-corrected chi connectivity index (χ1v) is 5.75. The highest BCUT2D eigenvalue weighted by molar-refractivity contribution is 5.21. The van der Waals surface area contributed by atoms with E-state index in [1.165, 1.54) is 6.42 Å². The van der Waals surface area contributed by atoms with E-state index in [9.17, 15) is 5.11 Å². The zero-order chi connectivity index (χ0) is 10.7. The van der Waals surface area contributed by atoms with E-state index < -0.39 is 5.60 Å². The number of benzene rings is 1. The summed E-state index contributed by atoms with van der Waals surface area (Å²) in [5.41, 5.74) is 6.52. The van der Waals surface area contributed by atoms with Crippen LogP contribution in [0, 0.1) is 0 Å². The van der Waals surface area contributed by atoms with Gasteiger partial charge in [0.25, 0.3) is 0 Å². The summed E-state index contributed by atoms with van der Waals surface area (Å²) in [5, 5.41) is 10.5. The van der Waals surface area contributed by atoms with Crippen molar-refractivity contribution in [2.24, 2.45) is 5.73 Å². The summed E-state index contributed by atoms with van der Waals surface area (Å²) in [5.74, 6) is 0. The zero-order valence-corrected chi connectivity index (χ0v) is 9.02. The van der Waals surface area contributed by atoms with Gasteiger partial charge in [0.1, 0.15) is 0 Å². The minimum atomic E-state index is -0.681. The molecule has 1 aromatic carbocycles. The van der Waals surface area contributed by atoms with Crippen molar-refractivity contribution in [2.45, 2.75) is 43.7 Å². The molecule has 0 aliphatic heterocycles. The second-order valence-corrected chi connectivity index (χ2v) is 4.55. The van der Waals surface area contributed by atoms with Crippen molar-refractivity contribution >= 4 is 0 Å². The summed E-state index contributed by atoms with van der Waals surface area (Å²) in [6.45, 7) is 0. The van der Waals surface area contributed by atoms with Crippen LogP contribution in [0.25, 0.3) is 0 Å². The molecule has 3 N–H and O–H groups in total. The summed E-state index contributed by atoms with van der Waals surface area (Å²) in [4.78, 5) is 0. The molecule has 0 saturated heterocycles. The number of nitrogens with two attached hydrogens (primary N) is 1. The maximum atomic E-state index is 10.5. The van der Waals surface area contributed by atoms with Gasteiger partial charge in [-0.25, -0.2) is 0 Å². The molecule has 1 fully saturated rings. The van der Waals surface area contributed by atoms with Crippen LogP contribution in [0.3, 0.4) is 0 Å². The Hall–Kier alpha value is -0.860. The molecule has 1 aromatic rings. The molecule has 2 rings (SSSR count). The Kier molecular flexibility index (Phi) is 3.08. The van der Waals surface area contributed by atoms with E-state index in [1.807, 2.05) is 30.3 Å². The molecule has 2 nitrogen and oxygen atoms in total. The largest absolute Gasteiger partial charge is 0.388 e. The summed E-state index contributed by atoms with van der Waals surface area (Å²) < 4.78 is 0. The van der Waals surface area contributed by atoms with Crippen molar-refractivity contribution in [2.75, 3.05) is 0 Å². The third kappa shape index (κ3) is 2.21. The molecule has 0 spiro atoms. The maximum Gasteiger partial charge on any atom is 0.0839 e. The van der Waals surface area contributed by atoms with Crippen LogP contribution in [0.15, 0.2) is 30.3 Å². The fourth-order valence-electron chi connectivity index (χ4n) is 2.45.